The van der Waals surface area contributed by atoms with E-state index in [0.717, 1.165) is 0 Å². The summed E-state index contributed by atoms with van der Waals surface area (Å²) in [7, 11) is 1.70. The second-order valence-electron chi connectivity index (χ2n) is 5.95. The van der Waals surface area contributed by atoms with Gasteiger partial charge in [-0.25, -0.2) is 4.79 Å². The number of pyridine rings is 1. The van der Waals surface area contributed by atoms with Crippen LogP contribution in [0.25, 0.3) is 0 Å². The van der Waals surface area contributed by atoms with Crippen LogP contribution in [0.4, 0.5) is 4.79 Å². The molecule has 3 heterocycles. The SMILES string of the molecule is CN1CC2(CCN(C(=O)CCn3ccccc3=O)C2)OC1=O. The van der Waals surface area contributed by atoms with Crippen LogP contribution in [0, 0.1) is 0 Å². The predicted molar refractivity (Wildman–Crippen MR) is 78.4 cm³/mol. The van der Waals surface area contributed by atoms with Crippen LogP contribution in [0.3, 0.4) is 0 Å². The summed E-state index contributed by atoms with van der Waals surface area (Å²) in [6, 6.07) is 4.92. The van der Waals surface area contributed by atoms with E-state index in [9.17, 15) is 14.4 Å². The van der Waals surface area contributed by atoms with Crippen molar-refractivity contribution in [2.24, 2.45) is 0 Å². The van der Waals surface area contributed by atoms with Crippen molar-refractivity contribution in [2.75, 3.05) is 26.7 Å². The Morgan fingerprint density at radius 1 is 1.32 bits per heavy atom. The van der Waals surface area contributed by atoms with Crippen molar-refractivity contribution in [1.29, 1.82) is 0 Å². The zero-order valence-corrected chi connectivity index (χ0v) is 12.5. The molecule has 1 spiro atoms. The Morgan fingerprint density at radius 3 is 2.82 bits per heavy atom. The largest absolute Gasteiger partial charge is 0.439 e. The number of aromatic nitrogens is 1. The van der Waals surface area contributed by atoms with Crippen LogP contribution < -0.4 is 5.56 Å². The first-order valence-electron chi connectivity index (χ1n) is 7.36. The number of hydrogen-bond acceptors (Lipinski definition) is 4. The van der Waals surface area contributed by atoms with Crippen LogP contribution in [0.15, 0.2) is 29.2 Å². The lowest BCUT2D eigenvalue weighted by molar-refractivity contribution is -0.131. The molecule has 0 bridgehead atoms. The first-order valence-corrected chi connectivity index (χ1v) is 7.36. The summed E-state index contributed by atoms with van der Waals surface area (Å²) in [4.78, 5) is 38.7. The molecule has 22 heavy (non-hydrogen) atoms. The number of aryl methyl sites for hydroxylation is 1. The predicted octanol–water partition coefficient (Wildman–Crippen LogP) is 0.291. The van der Waals surface area contributed by atoms with Gasteiger partial charge in [0.15, 0.2) is 5.60 Å². The number of carbonyl (C=O) groups is 2. The number of rotatable bonds is 3. The highest BCUT2D eigenvalue weighted by atomic mass is 16.6. The molecule has 1 aromatic rings. The maximum atomic E-state index is 12.3. The standard InChI is InChI=1S/C15H19N3O4/c1-16-10-15(22-14(16)21)6-9-18(11-15)13(20)5-8-17-7-3-2-4-12(17)19/h2-4,7H,5-6,8-11H2,1H3. The zero-order chi connectivity index (χ0) is 15.7. The Kier molecular flexibility index (Phi) is 3.64. The van der Waals surface area contributed by atoms with E-state index in [4.69, 9.17) is 4.74 Å². The number of amides is 2. The number of carbonyl (C=O) groups excluding carboxylic acids is 2. The third-order valence-corrected chi connectivity index (χ3v) is 4.28. The van der Waals surface area contributed by atoms with E-state index in [0.29, 0.717) is 32.6 Å². The fourth-order valence-corrected chi connectivity index (χ4v) is 3.08. The molecule has 7 nitrogen and oxygen atoms in total. The van der Waals surface area contributed by atoms with Crippen LogP contribution in [-0.4, -0.2) is 58.7 Å². The number of ether oxygens (including phenoxy) is 1. The minimum Gasteiger partial charge on any atom is -0.439 e. The van der Waals surface area contributed by atoms with Gasteiger partial charge in [-0.15, -0.1) is 0 Å². The molecule has 118 valence electrons. The molecule has 1 atom stereocenters. The molecule has 0 saturated carbocycles. The first kappa shape index (κ1) is 14.6. The third kappa shape index (κ3) is 2.70. The molecule has 2 aliphatic rings. The van der Waals surface area contributed by atoms with Crippen molar-refractivity contribution in [2.45, 2.75) is 25.0 Å². The Labute approximate surface area is 128 Å². The molecule has 0 radical (unpaired) electrons. The van der Waals surface area contributed by atoms with Crippen LogP contribution in [-0.2, 0) is 16.1 Å². The fourth-order valence-electron chi connectivity index (χ4n) is 3.08. The van der Waals surface area contributed by atoms with Gasteiger partial charge in [0.25, 0.3) is 5.56 Å². The molecule has 2 fully saturated rings. The number of hydrogen-bond donors (Lipinski definition) is 0. The highest BCUT2D eigenvalue weighted by Crippen LogP contribution is 2.31. The van der Waals surface area contributed by atoms with Gasteiger partial charge in [-0.2, -0.15) is 0 Å². The van der Waals surface area contributed by atoms with Gasteiger partial charge in [0.2, 0.25) is 5.91 Å². The minimum absolute atomic E-state index is 0.0155. The van der Waals surface area contributed by atoms with E-state index in [2.05, 4.69) is 0 Å². The Bertz CT molecular complexity index is 656. The lowest BCUT2D eigenvalue weighted by atomic mass is 10.0. The summed E-state index contributed by atoms with van der Waals surface area (Å²) in [5.41, 5.74) is -0.662. The molecule has 3 rings (SSSR count). The summed E-state index contributed by atoms with van der Waals surface area (Å²) in [6.45, 7) is 1.91. The fraction of sp³-hybridized carbons (Fsp3) is 0.533. The molecular weight excluding hydrogens is 286 g/mol. The summed E-state index contributed by atoms with van der Waals surface area (Å²) in [5, 5.41) is 0. The quantitative estimate of drug-likeness (QED) is 0.805. The van der Waals surface area contributed by atoms with Crippen LogP contribution in [0.1, 0.15) is 12.8 Å². The highest BCUT2D eigenvalue weighted by Gasteiger charge is 2.49. The van der Waals surface area contributed by atoms with Crippen molar-refractivity contribution in [1.82, 2.24) is 14.4 Å². The Hall–Kier alpha value is -2.31. The van der Waals surface area contributed by atoms with Crippen LogP contribution in [0.2, 0.25) is 0 Å². The minimum atomic E-state index is -0.551. The maximum absolute atomic E-state index is 12.3. The molecule has 1 unspecified atom stereocenters. The van der Waals surface area contributed by atoms with Gasteiger partial charge in [-0.05, 0) is 6.07 Å². The molecule has 0 N–H and O–H groups in total. The van der Waals surface area contributed by atoms with Crippen molar-refractivity contribution in [3.05, 3.63) is 34.7 Å². The molecular formula is C15H19N3O4. The number of likely N-dealkylation sites (tertiary alicyclic amines) is 1. The van der Waals surface area contributed by atoms with Crippen molar-refractivity contribution >= 4 is 12.0 Å². The van der Waals surface area contributed by atoms with E-state index in [1.165, 1.54) is 15.5 Å². The smallest absolute Gasteiger partial charge is 0.410 e. The Balaban J connectivity index is 1.57. The molecule has 7 heteroatoms. The summed E-state index contributed by atoms with van der Waals surface area (Å²) >= 11 is 0. The van der Waals surface area contributed by atoms with Gasteiger partial charge in [0, 0.05) is 45.2 Å². The number of likely N-dealkylation sites (N-methyl/N-ethyl adjacent to an activating group) is 1. The van der Waals surface area contributed by atoms with E-state index < -0.39 is 5.60 Å². The lowest BCUT2D eigenvalue weighted by Gasteiger charge is -2.21. The average molecular weight is 305 g/mol. The average Bonchev–Trinajstić information content (AvgIpc) is 3.01. The lowest BCUT2D eigenvalue weighted by Crippen LogP contribution is -2.39. The van der Waals surface area contributed by atoms with Gasteiger partial charge < -0.3 is 19.1 Å². The van der Waals surface area contributed by atoms with Crippen LogP contribution >= 0.6 is 0 Å². The van der Waals surface area contributed by atoms with E-state index in [-0.39, 0.29) is 24.0 Å². The second-order valence-corrected chi connectivity index (χ2v) is 5.95. The molecule has 1 aromatic heterocycles. The topological polar surface area (TPSA) is 71.8 Å². The molecule has 2 aliphatic heterocycles. The van der Waals surface area contributed by atoms with Gasteiger partial charge in [-0.3, -0.25) is 9.59 Å². The van der Waals surface area contributed by atoms with Crippen molar-refractivity contribution in [3.63, 3.8) is 0 Å². The van der Waals surface area contributed by atoms with Gasteiger partial charge in [0.05, 0.1) is 13.1 Å². The Morgan fingerprint density at radius 2 is 2.14 bits per heavy atom. The maximum Gasteiger partial charge on any atom is 0.410 e. The van der Waals surface area contributed by atoms with E-state index in [1.807, 2.05) is 0 Å². The monoisotopic (exact) mass is 305 g/mol. The third-order valence-electron chi connectivity index (χ3n) is 4.28. The highest BCUT2D eigenvalue weighted by molar-refractivity contribution is 5.77. The first-order chi connectivity index (χ1) is 10.5. The van der Waals surface area contributed by atoms with Crippen LogP contribution in [0.5, 0.6) is 0 Å². The molecule has 0 aliphatic carbocycles. The van der Waals surface area contributed by atoms with Gasteiger partial charge >= 0.3 is 6.09 Å². The van der Waals surface area contributed by atoms with Gasteiger partial charge in [0.1, 0.15) is 0 Å². The van der Waals surface area contributed by atoms with Crippen molar-refractivity contribution in [3.8, 4) is 0 Å². The normalized spacial score (nSPS) is 24.1. The van der Waals surface area contributed by atoms with E-state index >= 15 is 0 Å². The molecule has 2 amide bonds. The number of nitrogens with zero attached hydrogens (tertiary/aromatic N) is 3. The summed E-state index contributed by atoms with van der Waals surface area (Å²) in [6.07, 6.45) is 2.28. The molecule has 2 saturated heterocycles. The second kappa shape index (κ2) is 5.47. The summed E-state index contributed by atoms with van der Waals surface area (Å²) in [5.74, 6) is -0.0155. The van der Waals surface area contributed by atoms with Gasteiger partial charge in [-0.1, -0.05) is 6.07 Å². The zero-order valence-electron chi connectivity index (χ0n) is 12.5. The summed E-state index contributed by atoms with van der Waals surface area (Å²) < 4.78 is 6.94. The van der Waals surface area contributed by atoms with E-state index in [1.54, 1.807) is 30.3 Å². The molecule has 0 aromatic carbocycles. The van der Waals surface area contributed by atoms with Crippen molar-refractivity contribution < 1.29 is 14.3 Å².